The van der Waals surface area contributed by atoms with Gasteiger partial charge in [-0.3, -0.25) is 9.25 Å². The fourth-order valence-electron chi connectivity index (χ4n) is 4.69. The van der Waals surface area contributed by atoms with Gasteiger partial charge < -0.3 is 16.4 Å². The van der Waals surface area contributed by atoms with Crippen molar-refractivity contribution in [3.05, 3.63) is 78.6 Å². The Bertz CT molecular complexity index is 1640. The maximum atomic E-state index is 13.8. The zero-order valence-electron chi connectivity index (χ0n) is 19.9. The van der Waals surface area contributed by atoms with E-state index in [1.165, 1.54) is 12.1 Å². The first-order valence-corrected chi connectivity index (χ1v) is 12.0. The van der Waals surface area contributed by atoms with Crippen LogP contribution < -0.4 is 16.4 Å². The Morgan fingerprint density at radius 3 is 2.78 bits per heavy atom. The molecule has 184 valence electrons. The molecule has 10 heteroatoms. The van der Waals surface area contributed by atoms with Crippen molar-refractivity contribution in [2.75, 3.05) is 24.1 Å². The van der Waals surface area contributed by atoms with Crippen LogP contribution in [0.3, 0.4) is 0 Å². The van der Waals surface area contributed by atoms with Crippen molar-refractivity contribution >= 4 is 28.1 Å². The van der Waals surface area contributed by atoms with Gasteiger partial charge in [0.25, 0.3) is 0 Å². The summed E-state index contributed by atoms with van der Waals surface area (Å²) in [6, 6.07) is 14.4. The zero-order valence-corrected chi connectivity index (χ0v) is 19.9. The number of benzene rings is 2. The summed E-state index contributed by atoms with van der Waals surface area (Å²) in [6.07, 6.45) is 9.51. The number of piperidine rings is 1. The van der Waals surface area contributed by atoms with E-state index in [0.717, 1.165) is 48.0 Å². The van der Waals surface area contributed by atoms with Gasteiger partial charge in [0.05, 0.1) is 35.1 Å². The molecule has 0 spiro atoms. The highest BCUT2D eigenvalue weighted by Gasteiger charge is 2.19. The summed E-state index contributed by atoms with van der Waals surface area (Å²) in [4.78, 5) is 9.51. The van der Waals surface area contributed by atoms with Gasteiger partial charge in [0.15, 0.2) is 0 Å². The number of aromatic nitrogens is 5. The third kappa shape index (κ3) is 4.37. The Kier molecular flexibility index (Phi) is 5.75. The molecule has 1 saturated heterocycles. The second-order valence-corrected chi connectivity index (χ2v) is 9.05. The number of hydrogen-bond donors (Lipinski definition) is 3. The summed E-state index contributed by atoms with van der Waals surface area (Å²) in [7, 11) is 0. The number of nitrogens with two attached hydrogens (primary N) is 1. The molecule has 37 heavy (non-hydrogen) atoms. The lowest BCUT2D eigenvalue weighted by Gasteiger charge is -2.22. The normalized spacial score (nSPS) is 14.1. The molecule has 2 aromatic carbocycles. The van der Waals surface area contributed by atoms with Crippen LogP contribution in [0, 0.1) is 17.1 Å². The molecule has 1 aliphatic heterocycles. The average Bonchev–Trinajstić information content (AvgIpc) is 3.59. The van der Waals surface area contributed by atoms with Crippen molar-refractivity contribution in [3.8, 4) is 23.1 Å². The predicted molar refractivity (Wildman–Crippen MR) is 140 cm³/mol. The number of halogens is 1. The first-order valence-electron chi connectivity index (χ1n) is 12.0. The van der Waals surface area contributed by atoms with E-state index < -0.39 is 5.82 Å². The van der Waals surface area contributed by atoms with E-state index in [1.807, 2.05) is 46.0 Å². The van der Waals surface area contributed by atoms with Crippen molar-refractivity contribution in [2.24, 2.45) is 0 Å². The van der Waals surface area contributed by atoms with E-state index in [2.05, 4.69) is 26.8 Å². The molecule has 0 radical (unpaired) electrons. The van der Waals surface area contributed by atoms with E-state index in [9.17, 15) is 9.65 Å². The Morgan fingerprint density at radius 1 is 1.11 bits per heavy atom. The minimum Gasteiger partial charge on any atom is -0.396 e. The number of hydrogen-bond acceptors (Lipinski definition) is 7. The molecule has 1 fully saturated rings. The molecule has 6 rings (SSSR count). The summed E-state index contributed by atoms with van der Waals surface area (Å²) in [6.45, 7) is 1.94. The number of anilines is 3. The van der Waals surface area contributed by atoms with Crippen LogP contribution >= 0.6 is 0 Å². The molecule has 0 bridgehead atoms. The molecular formula is C27H24FN9. The monoisotopic (exact) mass is 493 g/mol. The number of nitrogens with one attached hydrogen (secondary N) is 2. The van der Waals surface area contributed by atoms with E-state index in [0.29, 0.717) is 29.1 Å². The molecule has 3 aromatic heterocycles. The lowest BCUT2D eigenvalue weighted by Crippen LogP contribution is -2.29. The van der Waals surface area contributed by atoms with Crippen molar-refractivity contribution < 1.29 is 4.39 Å². The van der Waals surface area contributed by atoms with Crippen LogP contribution in [0.4, 0.5) is 21.6 Å². The molecule has 5 aromatic rings. The van der Waals surface area contributed by atoms with Crippen LogP contribution in [0.15, 0.2) is 67.3 Å². The highest BCUT2D eigenvalue weighted by molar-refractivity contribution is 5.83. The van der Waals surface area contributed by atoms with E-state index >= 15 is 0 Å². The van der Waals surface area contributed by atoms with Gasteiger partial charge in [-0.2, -0.15) is 15.3 Å². The van der Waals surface area contributed by atoms with Crippen molar-refractivity contribution in [1.29, 1.82) is 5.26 Å². The molecule has 0 atom stereocenters. The standard InChI is InChI=1S/C27H24FN9/c28-23-3-2-20(12-24(23)30)34-26-22(19-14-33-37(16-19)21-5-8-31-9-6-21)15-32-27(35-26)36-10-7-18-11-17(13-29)1-4-25(18)36/h1-4,7,10-12,14-16,21,31H,5-6,8-9,30H2,(H,32,34,35). The molecule has 0 amide bonds. The topological polar surface area (TPSA) is 122 Å². The fourth-order valence-corrected chi connectivity index (χ4v) is 4.69. The number of nitriles is 1. The zero-order chi connectivity index (χ0) is 25.4. The van der Waals surface area contributed by atoms with Crippen molar-refractivity contribution in [1.82, 2.24) is 29.6 Å². The van der Waals surface area contributed by atoms with Gasteiger partial charge in [0, 0.05) is 40.8 Å². The molecule has 4 N–H and O–H groups in total. The van der Waals surface area contributed by atoms with Gasteiger partial charge in [-0.05, 0) is 68.4 Å². The van der Waals surface area contributed by atoms with E-state index in [1.54, 1.807) is 18.3 Å². The lowest BCUT2D eigenvalue weighted by molar-refractivity contribution is 0.343. The Balaban J connectivity index is 1.42. The van der Waals surface area contributed by atoms with Crippen LogP contribution in [-0.2, 0) is 0 Å². The van der Waals surface area contributed by atoms with Gasteiger partial charge in [-0.25, -0.2) is 9.37 Å². The maximum Gasteiger partial charge on any atom is 0.236 e. The predicted octanol–water partition coefficient (Wildman–Crippen LogP) is 4.55. The first kappa shape index (κ1) is 22.7. The van der Waals surface area contributed by atoms with Gasteiger partial charge in [-0.15, -0.1) is 0 Å². The molecule has 1 aliphatic rings. The summed E-state index contributed by atoms with van der Waals surface area (Å²) in [5.41, 5.74) is 9.55. The lowest BCUT2D eigenvalue weighted by atomic mass is 10.1. The Morgan fingerprint density at radius 2 is 1.97 bits per heavy atom. The fraction of sp³-hybridized carbons (Fsp3) is 0.185. The number of rotatable bonds is 5. The molecular weight excluding hydrogens is 469 g/mol. The largest absolute Gasteiger partial charge is 0.396 e. The first-order chi connectivity index (χ1) is 18.1. The van der Waals surface area contributed by atoms with Crippen LogP contribution in [-0.4, -0.2) is 37.4 Å². The second kappa shape index (κ2) is 9.37. The van der Waals surface area contributed by atoms with Gasteiger partial charge in [0.2, 0.25) is 5.95 Å². The van der Waals surface area contributed by atoms with Gasteiger partial charge >= 0.3 is 0 Å². The minimum atomic E-state index is -0.479. The SMILES string of the molecule is N#Cc1ccc2c(ccn2-c2ncc(-c3cnn(C4CCNCC4)c3)c(Nc3ccc(F)c(N)c3)n2)c1. The molecule has 4 heterocycles. The summed E-state index contributed by atoms with van der Waals surface area (Å²) < 4.78 is 17.7. The number of fused-ring (bicyclic) bond motifs is 1. The van der Waals surface area contributed by atoms with Gasteiger partial charge in [0.1, 0.15) is 11.6 Å². The van der Waals surface area contributed by atoms with E-state index in [4.69, 9.17) is 10.7 Å². The van der Waals surface area contributed by atoms with Crippen LogP contribution in [0.25, 0.3) is 28.0 Å². The average molecular weight is 494 g/mol. The Labute approximate surface area is 212 Å². The summed E-state index contributed by atoms with van der Waals surface area (Å²) >= 11 is 0. The summed E-state index contributed by atoms with van der Waals surface area (Å²) in [5, 5.41) is 21.4. The minimum absolute atomic E-state index is 0.0456. The molecule has 0 saturated carbocycles. The smallest absolute Gasteiger partial charge is 0.236 e. The highest BCUT2D eigenvalue weighted by atomic mass is 19.1. The maximum absolute atomic E-state index is 13.8. The Hall–Kier alpha value is -4.75. The van der Waals surface area contributed by atoms with E-state index in [-0.39, 0.29) is 5.69 Å². The third-order valence-electron chi connectivity index (χ3n) is 6.66. The van der Waals surface area contributed by atoms with Crippen LogP contribution in [0.5, 0.6) is 0 Å². The van der Waals surface area contributed by atoms with Crippen molar-refractivity contribution in [3.63, 3.8) is 0 Å². The van der Waals surface area contributed by atoms with Crippen molar-refractivity contribution in [2.45, 2.75) is 18.9 Å². The molecule has 0 unspecified atom stereocenters. The third-order valence-corrected chi connectivity index (χ3v) is 6.66. The van der Waals surface area contributed by atoms with Gasteiger partial charge in [-0.1, -0.05) is 0 Å². The van der Waals surface area contributed by atoms with Crippen LogP contribution in [0.1, 0.15) is 24.4 Å². The highest BCUT2D eigenvalue weighted by Crippen LogP contribution is 2.32. The van der Waals surface area contributed by atoms with Crippen LogP contribution in [0.2, 0.25) is 0 Å². The quantitative estimate of drug-likeness (QED) is 0.307. The summed E-state index contributed by atoms with van der Waals surface area (Å²) in [5.74, 6) is 0.510. The number of nitrogen functional groups attached to an aromatic ring is 1. The molecule has 0 aliphatic carbocycles. The second-order valence-electron chi connectivity index (χ2n) is 9.05. The number of nitrogens with zero attached hydrogens (tertiary/aromatic N) is 6. The molecule has 9 nitrogen and oxygen atoms in total.